The highest BCUT2D eigenvalue weighted by Gasteiger charge is 2.49. The molecule has 31 heavy (non-hydrogen) atoms. The molecule has 0 saturated heterocycles. The van der Waals surface area contributed by atoms with Crippen molar-refractivity contribution >= 4 is 29.5 Å². The number of hydrogen-bond acceptors (Lipinski definition) is 8. The van der Waals surface area contributed by atoms with Gasteiger partial charge in [0.25, 0.3) is 11.8 Å². The number of rotatable bonds is 7. The van der Waals surface area contributed by atoms with Gasteiger partial charge in [0.05, 0.1) is 6.04 Å². The van der Waals surface area contributed by atoms with E-state index in [9.17, 15) is 24.9 Å². The van der Waals surface area contributed by atoms with Crippen molar-refractivity contribution in [1.82, 2.24) is 4.90 Å². The highest BCUT2D eigenvalue weighted by molar-refractivity contribution is 6.48. The second kappa shape index (κ2) is 8.58. The van der Waals surface area contributed by atoms with Crippen LogP contribution in [-0.4, -0.2) is 68.2 Å². The number of aliphatic hydroxyl groups is 1. The van der Waals surface area contributed by atoms with Crippen LogP contribution in [0.2, 0.25) is 0 Å². The largest absolute Gasteiger partial charge is 0.508 e. The van der Waals surface area contributed by atoms with E-state index in [1.165, 1.54) is 18.2 Å². The molecule has 10 nitrogen and oxygen atoms in total. The first-order valence-electron chi connectivity index (χ1n) is 9.94. The van der Waals surface area contributed by atoms with E-state index >= 15 is 0 Å². The zero-order chi connectivity index (χ0) is 22.9. The monoisotopic (exact) mass is 430 g/mol. The fraction of sp³-hybridized carbons (Fsp3) is 0.429. The van der Waals surface area contributed by atoms with Gasteiger partial charge in [-0.3, -0.25) is 14.5 Å². The second-order valence-electron chi connectivity index (χ2n) is 7.67. The van der Waals surface area contributed by atoms with Gasteiger partial charge in [0.15, 0.2) is 5.84 Å². The fourth-order valence-electron chi connectivity index (χ4n) is 3.37. The van der Waals surface area contributed by atoms with E-state index in [4.69, 9.17) is 10.5 Å². The summed E-state index contributed by atoms with van der Waals surface area (Å²) in [7, 11) is 0. The highest BCUT2D eigenvalue weighted by Crippen LogP contribution is 2.31. The number of aromatic hydroxyl groups is 1. The number of carboxylic acid groups (broad SMARTS) is 1. The van der Waals surface area contributed by atoms with Crippen LogP contribution in [0.25, 0.3) is 6.08 Å². The smallest absolute Gasteiger partial charge is 0.323 e. The molecule has 3 rings (SSSR count). The molecule has 1 aromatic rings. The van der Waals surface area contributed by atoms with Gasteiger partial charge < -0.3 is 25.8 Å². The first kappa shape index (κ1) is 22.6. The third-order valence-corrected chi connectivity index (χ3v) is 5.37. The number of benzene rings is 1. The number of ether oxygens (including phenoxy) is 1. The number of amides is 1. The van der Waals surface area contributed by atoms with Gasteiger partial charge in [-0.25, -0.2) is 9.98 Å². The molecule has 1 aromatic carbocycles. The maximum Gasteiger partial charge on any atom is 0.323 e. The van der Waals surface area contributed by atoms with Crippen LogP contribution in [0.1, 0.15) is 32.8 Å². The summed E-state index contributed by atoms with van der Waals surface area (Å²) in [6.45, 7) is 4.77. The second-order valence-corrected chi connectivity index (χ2v) is 7.67. The van der Waals surface area contributed by atoms with Crippen LogP contribution < -0.4 is 5.73 Å². The Morgan fingerprint density at radius 3 is 2.61 bits per heavy atom. The van der Waals surface area contributed by atoms with Crippen LogP contribution >= 0.6 is 0 Å². The van der Waals surface area contributed by atoms with Crippen LogP contribution in [0, 0.1) is 5.92 Å². The minimum Gasteiger partial charge on any atom is -0.508 e. The van der Waals surface area contributed by atoms with Crippen molar-refractivity contribution in [3.8, 4) is 5.75 Å². The summed E-state index contributed by atoms with van der Waals surface area (Å²) >= 11 is 0. The third-order valence-electron chi connectivity index (χ3n) is 5.37. The first-order valence-corrected chi connectivity index (χ1v) is 9.94. The number of nitrogens with two attached hydrogens (primary N) is 1. The highest BCUT2D eigenvalue weighted by atomic mass is 16.7. The van der Waals surface area contributed by atoms with Gasteiger partial charge in [0, 0.05) is 0 Å². The van der Waals surface area contributed by atoms with Crippen LogP contribution in [0.3, 0.4) is 0 Å². The van der Waals surface area contributed by atoms with Crippen LogP contribution in [0.5, 0.6) is 5.75 Å². The summed E-state index contributed by atoms with van der Waals surface area (Å²) in [6.07, 6.45) is 1.40. The maximum absolute atomic E-state index is 12.9. The number of aliphatic imine (C=N–C) groups is 2. The molecule has 0 bridgehead atoms. The number of carboxylic acids is 1. The zero-order valence-electron chi connectivity index (χ0n) is 17.5. The molecule has 1 amide bonds. The number of carbonyl (C=O) groups is 2. The number of carbonyl (C=O) groups excluding carboxylic acids is 1. The molecule has 0 aliphatic carbocycles. The molecule has 0 fully saturated rings. The molecule has 2 aliphatic rings. The van der Waals surface area contributed by atoms with Gasteiger partial charge in [0.1, 0.15) is 29.8 Å². The average Bonchev–Trinajstić information content (AvgIpc) is 3.19. The Labute approximate surface area is 179 Å². The van der Waals surface area contributed by atoms with E-state index in [-0.39, 0.29) is 28.9 Å². The number of phenolic OH excluding ortho intramolecular Hbond substituents is 1. The van der Waals surface area contributed by atoms with Crippen molar-refractivity contribution in [2.45, 2.75) is 45.2 Å². The third kappa shape index (κ3) is 4.50. The van der Waals surface area contributed by atoms with Crippen LogP contribution in [0.15, 0.2) is 39.9 Å². The minimum absolute atomic E-state index is 0.00138. The molecule has 2 heterocycles. The molecule has 166 valence electrons. The van der Waals surface area contributed by atoms with E-state index in [1.807, 2.05) is 13.8 Å². The molecule has 2 aliphatic heterocycles. The minimum atomic E-state index is -2.01. The number of phenols is 1. The Kier molecular flexibility index (Phi) is 6.25. The lowest BCUT2D eigenvalue weighted by Gasteiger charge is -2.30. The molecule has 0 unspecified atom stereocenters. The summed E-state index contributed by atoms with van der Waals surface area (Å²) in [5.41, 5.74) is 6.88. The van der Waals surface area contributed by atoms with E-state index in [1.54, 1.807) is 19.1 Å². The molecule has 0 saturated carbocycles. The van der Waals surface area contributed by atoms with E-state index in [0.29, 0.717) is 12.0 Å². The molecule has 0 spiro atoms. The molecule has 0 aromatic heterocycles. The zero-order valence-corrected chi connectivity index (χ0v) is 17.5. The fourth-order valence-corrected chi connectivity index (χ4v) is 3.37. The van der Waals surface area contributed by atoms with Gasteiger partial charge in [0.2, 0.25) is 0 Å². The van der Waals surface area contributed by atoms with Crippen LogP contribution in [-0.2, 0) is 14.3 Å². The molecule has 0 radical (unpaired) electrons. The maximum atomic E-state index is 12.9. The number of nitrogens with zero attached hydrogens (tertiary/aromatic N) is 3. The van der Waals surface area contributed by atoms with Gasteiger partial charge in [-0.15, -0.1) is 0 Å². The topological polar surface area (TPSA) is 158 Å². The predicted molar refractivity (Wildman–Crippen MR) is 113 cm³/mol. The Morgan fingerprint density at radius 2 is 2.03 bits per heavy atom. The standard InChI is InChI=1S/C21H26N4O6/c1-4-11(2)18(22)21(30)24-17(12(3)31-21)19-23-15(20(29)25(19)10-16(27)28)9-13-5-7-14(26)8-6-13/h5-9,11-12,18,26,30H,4,10,22H2,1-3H3,(H,27,28)/b15-9-/t11-,12+,18-,21+/m0/s1. The molecule has 4 atom stereocenters. The lowest BCUT2D eigenvalue weighted by molar-refractivity contribution is -0.213. The van der Waals surface area contributed by atoms with Crippen molar-refractivity contribution in [1.29, 1.82) is 0 Å². The molecular formula is C21H26N4O6. The van der Waals surface area contributed by atoms with Crippen molar-refractivity contribution in [3.05, 3.63) is 35.5 Å². The SMILES string of the molecule is CC[C@H](C)[C@H](N)[C@]1(O)N=C(C2=N/C(=C\c3ccc(O)cc3)C(=O)N2CC(=O)O)[C@@H](C)O1. The number of amidine groups is 1. The summed E-state index contributed by atoms with van der Waals surface area (Å²) in [6, 6.07) is 5.27. The average molecular weight is 430 g/mol. The van der Waals surface area contributed by atoms with Gasteiger partial charge >= 0.3 is 5.97 Å². The lowest BCUT2D eigenvalue weighted by atomic mass is 9.97. The Bertz CT molecular complexity index is 971. The summed E-state index contributed by atoms with van der Waals surface area (Å²) in [5, 5.41) is 29.6. The summed E-state index contributed by atoms with van der Waals surface area (Å²) in [4.78, 5) is 33.8. The molecule has 10 heteroatoms. The van der Waals surface area contributed by atoms with E-state index < -0.39 is 36.5 Å². The van der Waals surface area contributed by atoms with Crippen molar-refractivity contribution in [2.24, 2.45) is 21.6 Å². The summed E-state index contributed by atoms with van der Waals surface area (Å²) in [5.74, 6) is -3.90. The lowest BCUT2D eigenvalue weighted by Crippen LogP contribution is -2.51. The number of hydrogen-bond donors (Lipinski definition) is 4. The Balaban J connectivity index is 2.02. The Hall–Kier alpha value is -3.08. The van der Waals surface area contributed by atoms with E-state index in [0.717, 1.165) is 4.90 Å². The van der Waals surface area contributed by atoms with E-state index in [2.05, 4.69) is 9.98 Å². The van der Waals surface area contributed by atoms with Crippen molar-refractivity contribution in [3.63, 3.8) is 0 Å². The molecular weight excluding hydrogens is 404 g/mol. The molecule has 5 N–H and O–H groups in total. The van der Waals surface area contributed by atoms with Crippen molar-refractivity contribution < 1.29 is 29.6 Å². The number of aliphatic carboxylic acids is 1. The quantitative estimate of drug-likeness (QED) is 0.469. The Morgan fingerprint density at radius 1 is 1.39 bits per heavy atom. The van der Waals surface area contributed by atoms with Gasteiger partial charge in [-0.1, -0.05) is 32.4 Å². The predicted octanol–water partition coefficient (Wildman–Crippen LogP) is 0.938. The first-order chi connectivity index (χ1) is 14.6. The van der Waals surface area contributed by atoms with Crippen LogP contribution in [0.4, 0.5) is 0 Å². The summed E-state index contributed by atoms with van der Waals surface area (Å²) < 4.78 is 5.63. The normalized spacial score (nSPS) is 26.7. The van der Waals surface area contributed by atoms with Crippen molar-refractivity contribution in [2.75, 3.05) is 6.54 Å². The van der Waals surface area contributed by atoms with Gasteiger partial charge in [-0.2, -0.15) is 0 Å². The van der Waals surface area contributed by atoms with Gasteiger partial charge in [-0.05, 0) is 36.6 Å².